The first-order valence-corrected chi connectivity index (χ1v) is 7.33. The summed E-state index contributed by atoms with van der Waals surface area (Å²) in [5, 5.41) is 14.8. The van der Waals surface area contributed by atoms with E-state index in [9.17, 15) is 5.11 Å². The van der Waals surface area contributed by atoms with Gasteiger partial charge >= 0.3 is 0 Å². The minimum Gasteiger partial charge on any atom is -0.392 e. The Kier molecular flexibility index (Phi) is 4.44. The van der Waals surface area contributed by atoms with Crippen LogP contribution in [0.15, 0.2) is 6.07 Å². The van der Waals surface area contributed by atoms with Crippen LogP contribution in [0.25, 0.3) is 0 Å². The molecular weight excluding hydrogens is 224 g/mol. The highest BCUT2D eigenvalue weighted by Crippen LogP contribution is 2.35. The fraction of sp³-hybridized carbons (Fsp3) is 0.800. The summed E-state index contributed by atoms with van der Waals surface area (Å²) >= 11 is 0. The molecule has 3 atom stereocenters. The highest BCUT2D eigenvalue weighted by atomic mass is 16.3. The Hall–Kier alpha value is -0.830. The predicted octanol–water partition coefficient (Wildman–Crippen LogP) is 2.71. The number of aromatic nitrogens is 2. The van der Waals surface area contributed by atoms with E-state index in [1.807, 2.05) is 11.7 Å². The number of hydrogen-bond donors (Lipinski definition) is 1. The third-order valence-electron chi connectivity index (χ3n) is 4.51. The Morgan fingerprint density at radius 2 is 2.22 bits per heavy atom. The molecule has 0 radical (unpaired) electrons. The van der Waals surface area contributed by atoms with Gasteiger partial charge < -0.3 is 5.11 Å². The molecule has 0 aromatic carbocycles. The molecule has 102 valence electrons. The average molecular weight is 250 g/mol. The minimum atomic E-state index is -0.193. The molecule has 1 aromatic heterocycles. The standard InChI is InChI=1S/C15H26N2O/c1-4-11-6-7-12(8-11)15(18)10-14-9-13(5-2)16-17(14)3/h9,11-12,15,18H,4-8,10H2,1-3H3. The Labute approximate surface area is 110 Å². The van der Waals surface area contributed by atoms with Crippen molar-refractivity contribution < 1.29 is 5.11 Å². The van der Waals surface area contributed by atoms with Crippen molar-refractivity contribution in [1.29, 1.82) is 0 Å². The van der Waals surface area contributed by atoms with Crippen molar-refractivity contribution in [1.82, 2.24) is 9.78 Å². The molecule has 0 amide bonds. The molecule has 2 rings (SSSR count). The highest BCUT2D eigenvalue weighted by Gasteiger charge is 2.29. The molecule has 3 heteroatoms. The maximum Gasteiger partial charge on any atom is 0.0624 e. The monoisotopic (exact) mass is 250 g/mol. The van der Waals surface area contributed by atoms with Crippen LogP contribution >= 0.6 is 0 Å². The Morgan fingerprint density at radius 3 is 2.78 bits per heavy atom. The Bertz CT molecular complexity index is 386. The quantitative estimate of drug-likeness (QED) is 0.872. The first-order valence-electron chi connectivity index (χ1n) is 7.33. The van der Waals surface area contributed by atoms with E-state index in [1.165, 1.54) is 31.4 Å². The summed E-state index contributed by atoms with van der Waals surface area (Å²) in [6, 6.07) is 2.13. The molecule has 1 aromatic rings. The molecule has 1 aliphatic rings. The van der Waals surface area contributed by atoms with Gasteiger partial charge in [-0.2, -0.15) is 5.10 Å². The zero-order chi connectivity index (χ0) is 13.1. The largest absolute Gasteiger partial charge is 0.392 e. The normalized spacial score (nSPS) is 25.6. The maximum absolute atomic E-state index is 10.4. The summed E-state index contributed by atoms with van der Waals surface area (Å²) in [5.41, 5.74) is 2.29. The van der Waals surface area contributed by atoms with Crippen molar-refractivity contribution >= 4 is 0 Å². The van der Waals surface area contributed by atoms with Crippen LogP contribution in [0, 0.1) is 11.8 Å². The van der Waals surface area contributed by atoms with Gasteiger partial charge in [0.25, 0.3) is 0 Å². The van der Waals surface area contributed by atoms with Crippen molar-refractivity contribution in [3.05, 3.63) is 17.5 Å². The van der Waals surface area contributed by atoms with E-state index in [4.69, 9.17) is 0 Å². The second kappa shape index (κ2) is 5.87. The fourth-order valence-electron chi connectivity index (χ4n) is 3.15. The van der Waals surface area contributed by atoms with E-state index in [0.717, 1.165) is 24.5 Å². The van der Waals surface area contributed by atoms with E-state index in [-0.39, 0.29) is 6.10 Å². The van der Waals surface area contributed by atoms with Gasteiger partial charge in [-0.15, -0.1) is 0 Å². The predicted molar refractivity (Wildman–Crippen MR) is 73.4 cm³/mol. The molecule has 0 aliphatic heterocycles. The summed E-state index contributed by atoms with van der Waals surface area (Å²) < 4.78 is 1.92. The lowest BCUT2D eigenvalue weighted by Crippen LogP contribution is -2.22. The van der Waals surface area contributed by atoms with E-state index < -0.39 is 0 Å². The summed E-state index contributed by atoms with van der Waals surface area (Å²) in [4.78, 5) is 0. The van der Waals surface area contributed by atoms with Crippen LogP contribution < -0.4 is 0 Å². The van der Waals surface area contributed by atoms with E-state index >= 15 is 0 Å². The van der Waals surface area contributed by atoms with Gasteiger partial charge in [0.1, 0.15) is 0 Å². The third kappa shape index (κ3) is 2.94. The summed E-state index contributed by atoms with van der Waals surface area (Å²) in [6.45, 7) is 4.37. The van der Waals surface area contributed by atoms with Gasteiger partial charge in [-0.1, -0.05) is 26.7 Å². The second-order valence-electron chi connectivity index (χ2n) is 5.72. The zero-order valence-electron chi connectivity index (χ0n) is 11.9. The van der Waals surface area contributed by atoms with Crippen LogP contribution in [0.2, 0.25) is 0 Å². The van der Waals surface area contributed by atoms with Crippen LogP contribution in [0.3, 0.4) is 0 Å². The lowest BCUT2D eigenvalue weighted by atomic mass is 9.95. The van der Waals surface area contributed by atoms with Gasteiger partial charge in [0.15, 0.2) is 0 Å². The molecule has 1 saturated carbocycles. The van der Waals surface area contributed by atoms with E-state index in [0.29, 0.717) is 5.92 Å². The zero-order valence-corrected chi connectivity index (χ0v) is 11.9. The van der Waals surface area contributed by atoms with Crippen LogP contribution in [-0.4, -0.2) is 21.0 Å². The topological polar surface area (TPSA) is 38.0 Å². The SMILES string of the molecule is CCc1cc(CC(O)C2CCC(CC)C2)n(C)n1. The molecule has 0 spiro atoms. The van der Waals surface area contributed by atoms with E-state index in [2.05, 4.69) is 25.0 Å². The van der Waals surface area contributed by atoms with E-state index in [1.54, 1.807) is 0 Å². The number of rotatable bonds is 5. The van der Waals surface area contributed by atoms with Crippen molar-refractivity contribution in [2.75, 3.05) is 0 Å². The Morgan fingerprint density at radius 1 is 1.44 bits per heavy atom. The molecular formula is C15H26N2O. The summed E-state index contributed by atoms with van der Waals surface area (Å²) in [5.74, 6) is 1.33. The molecule has 1 fully saturated rings. The highest BCUT2D eigenvalue weighted by molar-refractivity contribution is 5.11. The third-order valence-corrected chi connectivity index (χ3v) is 4.51. The molecule has 0 bridgehead atoms. The van der Waals surface area contributed by atoms with Crippen molar-refractivity contribution in [3.63, 3.8) is 0 Å². The van der Waals surface area contributed by atoms with Gasteiger partial charge in [0.05, 0.1) is 11.8 Å². The van der Waals surface area contributed by atoms with Crippen LogP contribution in [-0.2, 0) is 19.9 Å². The number of nitrogens with zero attached hydrogens (tertiary/aromatic N) is 2. The number of hydrogen-bond acceptors (Lipinski definition) is 2. The van der Waals surface area contributed by atoms with Crippen LogP contribution in [0.4, 0.5) is 0 Å². The first-order chi connectivity index (χ1) is 8.63. The summed E-state index contributed by atoms with van der Waals surface area (Å²) in [7, 11) is 1.98. The molecule has 3 nitrogen and oxygen atoms in total. The average Bonchev–Trinajstić information content (AvgIpc) is 2.96. The molecule has 18 heavy (non-hydrogen) atoms. The van der Waals surface area contributed by atoms with Gasteiger partial charge in [-0.3, -0.25) is 4.68 Å². The van der Waals surface area contributed by atoms with Crippen LogP contribution in [0.1, 0.15) is 50.9 Å². The summed E-state index contributed by atoms with van der Waals surface area (Å²) in [6.07, 6.45) is 6.48. The lowest BCUT2D eigenvalue weighted by molar-refractivity contribution is 0.106. The maximum atomic E-state index is 10.4. The smallest absolute Gasteiger partial charge is 0.0624 e. The molecule has 1 N–H and O–H groups in total. The second-order valence-corrected chi connectivity index (χ2v) is 5.72. The van der Waals surface area contributed by atoms with Crippen molar-refractivity contribution in [2.45, 2.75) is 58.5 Å². The first kappa shape index (κ1) is 13.6. The molecule has 1 heterocycles. The van der Waals surface area contributed by atoms with Gasteiger partial charge in [-0.05, 0) is 37.2 Å². The molecule has 3 unspecified atom stereocenters. The molecule has 1 aliphatic carbocycles. The minimum absolute atomic E-state index is 0.193. The number of aryl methyl sites for hydroxylation is 2. The lowest BCUT2D eigenvalue weighted by Gasteiger charge is -2.18. The number of aliphatic hydroxyl groups is 1. The number of aliphatic hydroxyl groups excluding tert-OH is 1. The van der Waals surface area contributed by atoms with Crippen molar-refractivity contribution in [3.8, 4) is 0 Å². The van der Waals surface area contributed by atoms with Gasteiger partial charge in [0.2, 0.25) is 0 Å². The van der Waals surface area contributed by atoms with Gasteiger partial charge in [0, 0.05) is 19.2 Å². The van der Waals surface area contributed by atoms with Crippen LogP contribution in [0.5, 0.6) is 0 Å². The molecule has 0 saturated heterocycles. The fourth-order valence-corrected chi connectivity index (χ4v) is 3.15. The van der Waals surface area contributed by atoms with Crippen molar-refractivity contribution in [2.24, 2.45) is 18.9 Å². The Balaban J connectivity index is 1.94. The van der Waals surface area contributed by atoms with Gasteiger partial charge in [-0.25, -0.2) is 0 Å².